The van der Waals surface area contributed by atoms with Crippen LogP contribution in [-0.2, 0) is 15.6 Å². The molecule has 3 unspecified atom stereocenters. The van der Waals surface area contributed by atoms with Crippen LogP contribution in [0.25, 0.3) is 0 Å². The van der Waals surface area contributed by atoms with E-state index in [2.05, 4.69) is 6.92 Å². The Morgan fingerprint density at radius 1 is 1.33 bits per heavy atom. The predicted octanol–water partition coefficient (Wildman–Crippen LogP) is 2.68. The van der Waals surface area contributed by atoms with Crippen molar-refractivity contribution in [1.29, 1.82) is 0 Å². The van der Waals surface area contributed by atoms with Crippen LogP contribution in [0.3, 0.4) is 0 Å². The van der Waals surface area contributed by atoms with Gasteiger partial charge in [0.25, 0.3) is 0 Å². The van der Waals surface area contributed by atoms with Crippen molar-refractivity contribution >= 4 is 16.6 Å². The Morgan fingerprint density at radius 2 is 2.07 bits per heavy atom. The van der Waals surface area contributed by atoms with Crippen LogP contribution in [-0.4, -0.2) is 21.5 Å². The van der Waals surface area contributed by atoms with E-state index < -0.39 is 10.8 Å². The monoisotopic (exact) mass is 230 g/mol. The molecule has 1 fully saturated rings. The number of hydrogen-bond acceptors (Lipinski definition) is 2. The summed E-state index contributed by atoms with van der Waals surface area (Å²) in [6, 6.07) is 0. The lowest BCUT2D eigenvalue weighted by molar-refractivity contribution is -0.117. The zero-order valence-corrected chi connectivity index (χ0v) is 10.6. The Bertz CT molecular complexity index is 238. The average molecular weight is 230 g/mol. The molecule has 0 aromatic carbocycles. The zero-order chi connectivity index (χ0) is 11.3. The second-order valence-electron chi connectivity index (χ2n) is 4.53. The minimum Gasteiger partial charge on any atom is -0.298 e. The maximum atomic E-state index is 11.5. The lowest BCUT2D eigenvalue weighted by Crippen LogP contribution is -2.26. The first kappa shape index (κ1) is 12.9. The number of Topliss-reactive ketones (excluding diaryl/α,β-unsaturated/α-hetero) is 1. The van der Waals surface area contributed by atoms with Gasteiger partial charge in [0.05, 0.1) is 5.25 Å². The summed E-state index contributed by atoms with van der Waals surface area (Å²) in [4.78, 5) is 11.5. The van der Waals surface area contributed by atoms with E-state index in [-0.39, 0.29) is 11.0 Å². The molecule has 15 heavy (non-hydrogen) atoms. The second kappa shape index (κ2) is 6.41. The van der Waals surface area contributed by atoms with Crippen molar-refractivity contribution in [2.24, 2.45) is 5.92 Å². The SMILES string of the molecule is CCCCCCC1CCC(=O)C1S(C)=O. The maximum absolute atomic E-state index is 11.5. The summed E-state index contributed by atoms with van der Waals surface area (Å²) in [7, 11) is -0.958. The highest BCUT2D eigenvalue weighted by molar-refractivity contribution is 7.85. The highest BCUT2D eigenvalue weighted by atomic mass is 32.2. The predicted molar refractivity (Wildman–Crippen MR) is 64.3 cm³/mol. The number of carbonyl (C=O) groups is 1. The molecule has 1 aliphatic rings. The topological polar surface area (TPSA) is 34.1 Å². The summed E-state index contributed by atoms with van der Waals surface area (Å²) in [5.74, 6) is 0.636. The standard InChI is InChI=1S/C12H22O2S/c1-3-4-5-6-7-10-8-9-11(13)12(10)15(2)14/h10,12H,3-9H2,1-2H3. The van der Waals surface area contributed by atoms with Crippen LogP contribution in [0.1, 0.15) is 51.9 Å². The van der Waals surface area contributed by atoms with Gasteiger partial charge in [-0.05, 0) is 18.8 Å². The van der Waals surface area contributed by atoms with Gasteiger partial charge in [-0.15, -0.1) is 0 Å². The second-order valence-corrected chi connectivity index (χ2v) is 6.04. The smallest absolute Gasteiger partial charge is 0.148 e. The minimum atomic E-state index is -0.958. The molecule has 3 heteroatoms. The van der Waals surface area contributed by atoms with Crippen LogP contribution in [0.5, 0.6) is 0 Å². The van der Waals surface area contributed by atoms with Crippen molar-refractivity contribution in [3.8, 4) is 0 Å². The molecule has 0 radical (unpaired) electrons. The number of unbranched alkanes of at least 4 members (excludes halogenated alkanes) is 3. The number of hydrogen-bond donors (Lipinski definition) is 0. The molecule has 3 atom stereocenters. The Balaban J connectivity index is 2.34. The Labute approximate surface area is 95.3 Å². The fraction of sp³-hybridized carbons (Fsp3) is 0.917. The van der Waals surface area contributed by atoms with E-state index in [9.17, 15) is 9.00 Å². The van der Waals surface area contributed by atoms with Gasteiger partial charge in [0.15, 0.2) is 0 Å². The number of carbonyl (C=O) groups excluding carboxylic acids is 1. The summed E-state index contributed by atoms with van der Waals surface area (Å²) >= 11 is 0. The first-order valence-electron chi connectivity index (χ1n) is 6.01. The number of rotatable bonds is 6. The third kappa shape index (κ3) is 3.71. The summed E-state index contributed by atoms with van der Waals surface area (Å²) < 4.78 is 11.4. The zero-order valence-electron chi connectivity index (χ0n) is 9.83. The molecule has 0 aromatic heterocycles. The van der Waals surface area contributed by atoms with E-state index in [1.807, 2.05) is 0 Å². The molecule has 88 valence electrons. The summed E-state index contributed by atoms with van der Waals surface area (Å²) in [5, 5.41) is -0.147. The molecule has 0 amide bonds. The molecule has 2 nitrogen and oxygen atoms in total. The molecule has 1 aliphatic carbocycles. The van der Waals surface area contributed by atoms with Gasteiger partial charge in [-0.1, -0.05) is 32.6 Å². The molecular weight excluding hydrogens is 208 g/mol. The van der Waals surface area contributed by atoms with E-state index >= 15 is 0 Å². The summed E-state index contributed by atoms with van der Waals surface area (Å²) in [5.41, 5.74) is 0. The van der Waals surface area contributed by atoms with Crippen LogP contribution < -0.4 is 0 Å². The minimum absolute atomic E-state index is 0.147. The van der Waals surface area contributed by atoms with Gasteiger partial charge in [0.1, 0.15) is 5.78 Å². The average Bonchev–Trinajstić information content (AvgIpc) is 2.54. The van der Waals surface area contributed by atoms with Crippen molar-refractivity contribution < 1.29 is 9.00 Å². The van der Waals surface area contributed by atoms with E-state index in [0.29, 0.717) is 12.3 Å². The third-order valence-electron chi connectivity index (χ3n) is 3.29. The number of ketones is 1. The van der Waals surface area contributed by atoms with Gasteiger partial charge in [0, 0.05) is 23.5 Å². The van der Waals surface area contributed by atoms with Crippen molar-refractivity contribution in [3.05, 3.63) is 0 Å². The van der Waals surface area contributed by atoms with Crippen molar-refractivity contribution in [2.75, 3.05) is 6.26 Å². The largest absolute Gasteiger partial charge is 0.298 e. The maximum Gasteiger partial charge on any atom is 0.148 e. The van der Waals surface area contributed by atoms with Crippen LogP contribution in [0.2, 0.25) is 0 Å². The quantitative estimate of drug-likeness (QED) is 0.657. The molecule has 0 spiro atoms. The molecule has 0 bridgehead atoms. The van der Waals surface area contributed by atoms with Crippen molar-refractivity contribution in [2.45, 2.75) is 57.1 Å². The van der Waals surface area contributed by atoms with Crippen LogP contribution in [0.4, 0.5) is 0 Å². The van der Waals surface area contributed by atoms with Gasteiger partial charge >= 0.3 is 0 Å². The Kier molecular flexibility index (Phi) is 5.51. The van der Waals surface area contributed by atoms with Crippen molar-refractivity contribution in [3.63, 3.8) is 0 Å². The lowest BCUT2D eigenvalue weighted by Gasteiger charge is -2.15. The normalized spacial score (nSPS) is 28.3. The fourth-order valence-electron chi connectivity index (χ4n) is 2.47. The van der Waals surface area contributed by atoms with E-state index in [1.165, 1.54) is 25.7 Å². The van der Waals surface area contributed by atoms with Gasteiger partial charge in [-0.25, -0.2) is 0 Å². The highest BCUT2D eigenvalue weighted by Crippen LogP contribution is 2.30. The summed E-state index contributed by atoms with van der Waals surface area (Å²) in [6.45, 7) is 2.20. The summed E-state index contributed by atoms with van der Waals surface area (Å²) in [6.07, 6.45) is 9.36. The lowest BCUT2D eigenvalue weighted by atomic mass is 9.99. The van der Waals surface area contributed by atoms with Gasteiger partial charge in [-0.2, -0.15) is 0 Å². The van der Waals surface area contributed by atoms with E-state index in [0.717, 1.165) is 12.8 Å². The molecule has 0 saturated heterocycles. The molecule has 1 saturated carbocycles. The molecule has 0 aliphatic heterocycles. The molecule has 1 rings (SSSR count). The highest BCUT2D eigenvalue weighted by Gasteiger charge is 2.36. The van der Waals surface area contributed by atoms with Gasteiger partial charge in [0.2, 0.25) is 0 Å². The molecular formula is C12H22O2S. The third-order valence-corrected chi connectivity index (χ3v) is 4.66. The van der Waals surface area contributed by atoms with Crippen LogP contribution >= 0.6 is 0 Å². The molecule has 0 heterocycles. The van der Waals surface area contributed by atoms with Crippen LogP contribution in [0, 0.1) is 5.92 Å². The van der Waals surface area contributed by atoms with Gasteiger partial charge < -0.3 is 0 Å². The first-order valence-corrected chi connectivity index (χ1v) is 7.64. The van der Waals surface area contributed by atoms with E-state index in [4.69, 9.17) is 0 Å². The Hall–Kier alpha value is -0.180. The molecule has 0 N–H and O–H groups in total. The Morgan fingerprint density at radius 3 is 2.67 bits per heavy atom. The first-order chi connectivity index (χ1) is 7.16. The van der Waals surface area contributed by atoms with Crippen molar-refractivity contribution in [1.82, 2.24) is 0 Å². The van der Waals surface area contributed by atoms with E-state index in [1.54, 1.807) is 6.26 Å². The molecule has 0 aromatic rings. The van der Waals surface area contributed by atoms with Crippen LogP contribution in [0.15, 0.2) is 0 Å². The fourth-order valence-corrected chi connectivity index (χ4v) is 3.77. The van der Waals surface area contributed by atoms with Gasteiger partial charge in [-0.3, -0.25) is 9.00 Å².